The summed E-state index contributed by atoms with van der Waals surface area (Å²) in [5.74, 6) is -0.350. The van der Waals surface area contributed by atoms with Gasteiger partial charge >= 0.3 is 0 Å². The number of hydrogen-bond acceptors (Lipinski definition) is 4. The Labute approximate surface area is 125 Å². The van der Waals surface area contributed by atoms with Crippen LogP contribution in [0.2, 0.25) is 0 Å². The molecule has 1 aliphatic rings. The van der Waals surface area contributed by atoms with Gasteiger partial charge in [0.15, 0.2) is 0 Å². The fourth-order valence-corrected chi connectivity index (χ4v) is 3.46. The molecule has 0 bridgehead atoms. The molecule has 1 fully saturated rings. The van der Waals surface area contributed by atoms with Crippen molar-refractivity contribution < 1.29 is 13.2 Å². The predicted molar refractivity (Wildman–Crippen MR) is 79.0 cm³/mol. The Kier molecular flexibility index (Phi) is 5.00. The normalized spacial score (nSPS) is 21.9. The van der Waals surface area contributed by atoms with Crippen molar-refractivity contribution in [3.63, 3.8) is 0 Å². The molecule has 1 aliphatic heterocycles. The van der Waals surface area contributed by atoms with Crippen LogP contribution >= 0.6 is 0 Å². The maximum absolute atomic E-state index is 12.2. The number of hydrogen-bond donors (Lipinski definition) is 1. The topological polar surface area (TPSA) is 84.3 Å². The van der Waals surface area contributed by atoms with E-state index in [1.807, 2.05) is 19.2 Å². The number of sulfonamides is 1. The van der Waals surface area contributed by atoms with Gasteiger partial charge in [-0.15, -0.1) is 0 Å². The Balaban J connectivity index is 1.87. The summed E-state index contributed by atoms with van der Waals surface area (Å²) in [7, 11) is -3.22. The zero-order valence-electron chi connectivity index (χ0n) is 12.4. The molecule has 2 atom stereocenters. The summed E-state index contributed by atoms with van der Waals surface area (Å²) in [5, 5.41) is 7.04. The molecule has 1 aromatic heterocycles. The quantitative estimate of drug-likeness (QED) is 0.833. The van der Waals surface area contributed by atoms with Gasteiger partial charge < -0.3 is 5.32 Å². The van der Waals surface area contributed by atoms with Crippen LogP contribution in [0.25, 0.3) is 0 Å². The van der Waals surface area contributed by atoms with Gasteiger partial charge in [-0.3, -0.25) is 9.48 Å². The second-order valence-corrected chi connectivity index (χ2v) is 7.58. The van der Waals surface area contributed by atoms with E-state index in [1.165, 1.54) is 10.6 Å². The van der Waals surface area contributed by atoms with Gasteiger partial charge in [0.2, 0.25) is 15.9 Å². The highest BCUT2D eigenvalue weighted by Gasteiger charge is 2.30. The SMILES string of the molecule is C[C@H](Cn1cccn1)NC(=O)[C@@H]1CCCN(S(C)(=O)=O)C1. The van der Waals surface area contributed by atoms with E-state index in [1.54, 1.807) is 10.9 Å². The number of nitrogens with one attached hydrogen (secondary N) is 1. The van der Waals surface area contributed by atoms with Gasteiger partial charge in [0.25, 0.3) is 0 Å². The van der Waals surface area contributed by atoms with Gasteiger partial charge in [-0.05, 0) is 25.8 Å². The minimum absolute atomic E-state index is 0.0500. The number of carbonyl (C=O) groups is 1. The van der Waals surface area contributed by atoms with Crippen LogP contribution < -0.4 is 5.32 Å². The van der Waals surface area contributed by atoms with Crippen LogP contribution in [0.5, 0.6) is 0 Å². The van der Waals surface area contributed by atoms with Crippen LogP contribution in [0, 0.1) is 5.92 Å². The smallest absolute Gasteiger partial charge is 0.224 e. The number of amides is 1. The van der Waals surface area contributed by atoms with E-state index in [4.69, 9.17) is 0 Å². The highest BCUT2D eigenvalue weighted by atomic mass is 32.2. The highest BCUT2D eigenvalue weighted by Crippen LogP contribution is 2.18. The van der Waals surface area contributed by atoms with E-state index in [0.29, 0.717) is 13.1 Å². The fraction of sp³-hybridized carbons (Fsp3) is 0.692. The van der Waals surface area contributed by atoms with Crippen LogP contribution in [0.3, 0.4) is 0 Å². The summed E-state index contributed by atoms with van der Waals surface area (Å²) < 4.78 is 26.3. The highest BCUT2D eigenvalue weighted by molar-refractivity contribution is 7.88. The number of rotatable bonds is 5. The molecule has 8 heteroatoms. The van der Waals surface area contributed by atoms with E-state index >= 15 is 0 Å². The van der Waals surface area contributed by atoms with E-state index in [-0.39, 0.29) is 24.4 Å². The lowest BCUT2D eigenvalue weighted by molar-refractivity contribution is -0.126. The Morgan fingerprint density at radius 2 is 2.29 bits per heavy atom. The van der Waals surface area contributed by atoms with Crippen molar-refractivity contribution in [1.29, 1.82) is 0 Å². The molecule has 1 saturated heterocycles. The van der Waals surface area contributed by atoms with E-state index in [2.05, 4.69) is 10.4 Å². The molecular formula is C13H22N4O3S. The number of aromatic nitrogens is 2. The number of piperidine rings is 1. The number of nitrogens with zero attached hydrogens (tertiary/aromatic N) is 3. The molecule has 21 heavy (non-hydrogen) atoms. The first kappa shape index (κ1) is 16.0. The second-order valence-electron chi connectivity index (χ2n) is 5.60. The minimum atomic E-state index is -3.22. The van der Waals surface area contributed by atoms with Crippen molar-refractivity contribution >= 4 is 15.9 Å². The molecule has 0 saturated carbocycles. The Hall–Kier alpha value is -1.41. The molecule has 0 aromatic carbocycles. The summed E-state index contributed by atoms with van der Waals surface area (Å²) in [6, 6.07) is 1.78. The third kappa shape index (κ3) is 4.53. The Morgan fingerprint density at radius 1 is 1.52 bits per heavy atom. The molecule has 118 valence electrons. The Bertz CT molecular complexity index is 570. The predicted octanol–water partition coefficient (Wildman–Crippen LogP) is 0.0594. The summed E-state index contributed by atoms with van der Waals surface area (Å²) in [6.45, 7) is 3.29. The van der Waals surface area contributed by atoms with Crippen molar-refractivity contribution in [3.8, 4) is 0 Å². The first-order valence-electron chi connectivity index (χ1n) is 7.09. The molecule has 7 nitrogen and oxygen atoms in total. The largest absolute Gasteiger partial charge is 0.352 e. The molecule has 0 aliphatic carbocycles. The zero-order valence-corrected chi connectivity index (χ0v) is 13.2. The molecule has 1 amide bonds. The average Bonchev–Trinajstić information content (AvgIpc) is 2.90. The summed E-state index contributed by atoms with van der Waals surface area (Å²) >= 11 is 0. The lowest BCUT2D eigenvalue weighted by Crippen LogP contribution is -2.47. The first-order valence-corrected chi connectivity index (χ1v) is 8.94. The van der Waals surface area contributed by atoms with Crippen LogP contribution in [-0.2, 0) is 21.4 Å². The van der Waals surface area contributed by atoms with Gasteiger partial charge in [-0.25, -0.2) is 12.7 Å². The lowest BCUT2D eigenvalue weighted by Gasteiger charge is -2.30. The molecule has 1 aromatic rings. The zero-order chi connectivity index (χ0) is 15.5. The van der Waals surface area contributed by atoms with Crippen molar-refractivity contribution in [2.45, 2.75) is 32.4 Å². The van der Waals surface area contributed by atoms with Crippen molar-refractivity contribution in [1.82, 2.24) is 19.4 Å². The molecule has 0 spiro atoms. The van der Waals surface area contributed by atoms with Gasteiger partial charge in [-0.2, -0.15) is 5.10 Å². The second kappa shape index (κ2) is 6.57. The molecule has 0 unspecified atom stereocenters. The van der Waals surface area contributed by atoms with Crippen molar-refractivity contribution in [3.05, 3.63) is 18.5 Å². The average molecular weight is 314 g/mol. The van der Waals surface area contributed by atoms with Crippen LogP contribution in [0.15, 0.2) is 18.5 Å². The maximum Gasteiger partial charge on any atom is 0.224 e. The monoisotopic (exact) mass is 314 g/mol. The van der Waals surface area contributed by atoms with Gasteiger partial charge in [0, 0.05) is 31.5 Å². The molecule has 1 N–H and O–H groups in total. The summed E-state index contributed by atoms with van der Waals surface area (Å²) in [5.41, 5.74) is 0. The van der Waals surface area contributed by atoms with Gasteiger partial charge in [0.05, 0.1) is 18.7 Å². The Morgan fingerprint density at radius 3 is 2.90 bits per heavy atom. The van der Waals surface area contributed by atoms with Gasteiger partial charge in [0.1, 0.15) is 0 Å². The molecular weight excluding hydrogens is 292 g/mol. The first-order chi connectivity index (χ1) is 9.86. The third-order valence-electron chi connectivity index (χ3n) is 3.63. The molecule has 2 heterocycles. The van der Waals surface area contributed by atoms with Crippen molar-refractivity contribution in [2.75, 3.05) is 19.3 Å². The maximum atomic E-state index is 12.2. The summed E-state index contributed by atoms with van der Waals surface area (Å²) in [6.07, 6.45) is 6.17. The fourth-order valence-electron chi connectivity index (χ4n) is 2.55. The summed E-state index contributed by atoms with van der Waals surface area (Å²) in [4.78, 5) is 12.2. The van der Waals surface area contributed by atoms with Crippen LogP contribution in [-0.4, -0.2) is 53.8 Å². The molecule has 0 radical (unpaired) electrons. The number of carbonyl (C=O) groups excluding carboxylic acids is 1. The van der Waals surface area contributed by atoms with E-state index in [0.717, 1.165) is 12.8 Å². The van der Waals surface area contributed by atoms with Gasteiger partial charge in [-0.1, -0.05) is 0 Å². The standard InChI is InChI=1S/C13H22N4O3S/c1-11(9-16-7-4-6-14-16)15-13(18)12-5-3-8-17(10-12)21(2,19)20/h4,6-7,11-12H,3,5,8-10H2,1-2H3,(H,15,18)/t11-,12-/m1/s1. The van der Waals surface area contributed by atoms with E-state index < -0.39 is 10.0 Å². The lowest BCUT2D eigenvalue weighted by atomic mass is 9.98. The van der Waals surface area contributed by atoms with Crippen molar-refractivity contribution in [2.24, 2.45) is 5.92 Å². The third-order valence-corrected chi connectivity index (χ3v) is 4.90. The minimum Gasteiger partial charge on any atom is -0.352 e. The van der Waals surface area contributed by atoms with Crippen LogP contribution in [0.4, 0.5) is 0 Å². The van der Waals surface area contributed by atoms with E-state index in [9.17, 15) is 13.2 Å². The van der Waals surface area contributed by atoms with Crippen LogP contribution in [0.1, 0.15) is 19.8 Å². The molecule has 2 rings (SSSR count).